The maximum atomic E-state index is 12.9. The summed E-state index contributed by atoms with van der Waals surface area (Å²) in [5, 5.41) is 5.95. The van der Waals surface area contributed by atoms with E-state index in [1.165, 1.54) is 7.11 Å². The fourth-order valence-electron chi connectivity index (χ4n) is 3.83. The molecular formula is C23H29N3O4. The van der Waals surface area contributed by atoms with Crippen molar-refractivity contribution in [2.24, 2.45) is 11.8 Å². The zero-order chi connectivity index (χ0) is 21.2. The van der Waals surface area contributed by atoms with E-state index >= 15 is 0 Å². The third-order valence-corrected chi connectivity index (χ3v) is 5.25. The van der Waals surface area contributed by atoms with Crippen LogP contribution in [0.4, 0.5) is 0 Å². The normalized spacial score (nSPS) is 20.5. The number of nitrogens with zero attached hydrogens (tertiary/aromatic N) is 1. The van der Waals surface area contributed by atoms with Gasteiger partial charge in [0.2, 0.25) is 11.8 Å². The van der Waals surface area contributed by atoms with Crippen LogP contribution in [0.1, 0.15) is 18.5 Å². The minimum Gasteiger partial charge on any atom is -0.493 e. The lowest BCUT2D eigenvalue weighted by Crippen LogP contribution is -2.45. The Labute approximate surface area is 177 Å². The van der Waals surface area contributed by atoms with E-state index in [0.717, 1.165) is 11.4 Å². The van der Waals surface area contributed by atoms with Crippen LogP contribution in [0.2, 0.25) is 0 Å². The van der Waals surface area contributed by atoms with Crippen molar-refractivity contribution in [1.82, 2.24) is 15.6 Å². The second-order valence-electron chi connectivity index (χ2n) is 7.54. The molecule has 1 aromatic carbocycles. The Morgan fingerprint density at radius 1 is 1.10 bits per heavy atom. The number of rotatable bonds is 10. The van der Waals surface area contributed by atoms with Crippen LogP contribution in [0.15, 0.2) is 54.7 Å². The molecule has 1 heterocycles. The molecule has 160 valence electrons. The summed E-state index contributed by atoms with van der Waals surface area (Å²) in [5.41, 5.74) is 0.934. The highest BCUT2D eigenvalue weighted by Gasteiger charge is 2.39. The number of hydrogen-bond acceptors (Lipinski definition) is 5. The van der Waals surface area contributed by atoms with Gasteiger partial charge in [0.1, 0.15) is 12.4 Å². The largest absolute Gasteiger partial charge is 0.493 e. The lowest BCUT2D eigenvalue weighted by atomic mass is 10.0. The SMILES string of the molecule is COCC(=O)N[C@@H]1C[C@H](COc2ccccc2)C[C@H]1C(=O)NCCc1ccccn1. The Hall–Kier alpha value is -2.93. The minimum absolute atomic E-state index is 0.0182. The van der Waals surface area contributed by atoms with Crippen LogP contribution in [0, 0.1) is 11.8 Å². The Balaban J connectivity index is 1.55. The van der Waals surface area contributed by atoms with Gasteiger partial charge in [0, 0.05) is 38.0 Å². The summed E-state index contributed by atoms with van der Waals surface area (Å²) in [7, 11) is 1.48. The number of carbonyl (C=O) groups is 2. The summed E-state index contributed by atoms with van der Waals surface area (Å²) >= 11 is 0. The summed E-state index contributed by atoms with van der Waals surface area (Å²) in [6.45, 7) is 1.00. The smallest absolute Gasteiger partial charge is 0.246 e. The highest BCUT2D eigenvalue weighted by atomic mass is 16.5. The molecule has 0 saturated heterocycles. The third-order valence-electron chi connectivity index (χ3n) is 5.25. The van der Waals surface area contributed by atoms with Gasteiger partial charge in [0.15, 0.2) is 0 Å². The van der Waals surface area contributed by atoms with E-state index in [-0.39, 0.29) is 36.3 Å². The maximum absolute atomic E-state index is 12.9. The second kappa shape index (κ2) is 11.3. The topological polar surface area (TPSA) is 89.5 Å². The number of carbonyl (C=O) groups excluding carboxylic acids is 2. The zero-order valence-electron chi connectivity index (χ0n) is 17.3. The zero-order valence-corrected chi connectivity index (χ0v) is 17.3. The van der Waals surface area contributed by atoms with Crippen LogP contribution >= 0.6 is 0 Å². The molecule has 0 unspecified atom stereocenters. The fraction of sp³-hybridized carbons (Fsp3) is 0.435. The highest BCUT2D eigenvalue weighted by molar-refractivity contribution is 5.82. The van der Waals surface area contributed by atoms with Crippen LogP contribution in [0.3, 0.4) is 0 Å². The first kappa shape index (κ1) is 21.8. The molecule has 0 radical (unpaired) electrons. The summed E-state index contributed by atoms with van der Waals surface area (Å²) in [6, 6.07) is 15.1. The van der Waals surface area contributed by atoms with Crippen LogP contribution in [-0.4, -0.2) is 49.7 Å². The molecule has 1 fully saturated rings. The molecule has 2 amide bonds. The van der Waals surface area contributed by atoms with E-state index in [1.807, 2.05) is 48.5 Å². The Morgan fingerprint density at radius 2 is 1.90 bits per heavy atom. The molecule has 0 bridgehead atoms. The Bertz CT molecular complexity index is 801. The first-order chi connectivity index (χ1) is 14.7. The number of nitrogens with one attached hydrogen (secondary N) is 2. The molecule has 30 heavy (non-hydrogen) atoms. The summed E-state index contributed by atoms with van der Waals surface area (Å²) in [5.74, 6) is 0.443. The number of aromatic nitrogens is 1. The molecule has 3 atom stereocenters. The summed E-state index contributed by atoms with van der Waals surface area (Å²) in [6.07, 6.45) is 3.77. The van der Waals surface area contributed by atoms with Crippen molar-refractivity contribution in [2.75, 3.05) is 26.9 Å². The van der Waals surface area contributed by atoms with Crippen LogP contribution in [0.25, 0.3) is 0 Å². The van der Waals surface area contributed by atoms with E-state index in [2.05, 4.69) is 15.6 Å². The van der Waals surface area contributed by atoms with Gasteiger partial charge in [-0.2, -0.15) is 0 Å². The second-order valence-corrected chi connectivity index (χ2v) is 7.54. The molecule has 1 aromatic heterocycles. The predicted octanol–water partition coefficient (Wildman–Crippen LogP) is 1.98. The lowest BCUT2D eigenvalue weighted by molar-refractivity contribution is -0.128. The monoisotopic (exact) mass is 411 g/mol. The van der Waals surface area contributed by atoms with E-state index < -0.39 is 0 Å². The lowest BCUT2D eigenvalue weighted by Gasteiger charge is -2.20. The first-order valence-electron chi connectivity index (χ1n) is 10.3. The number of pyridine rings is 1. The molecule has 0 aliphatic heterocycles. The molecule has 1 aliphatic rings. The number of amides is 2. The fourth-order valence-corrected chi connectivity index (χ4v) is 3.83. The van der Waals surface area contributed by atoms with Crippen molar-refractivity contribution < 1.29 is 19.1 Å². The molecule has 1 saturated carbocycles. The van der Waals surface area contributed by atoms with E-state index in [1.54, 1.807) is 6.20 Å². The average Bonchev–Trinajstić information content (AvgIpc) is 3.16. The van der Waals surface area contributed by atoms with Crippen LogP contribution in [0.5, 0.6) is 5.75 Å². The molecular weight excluding hydrogens is 382 g/mol. The Kier molecular flexibility index (Phi) is 8.20. The summed E-state index contributed by atoms with van der Waals surface area (Å²) < 4.78 is 10.8. The first-order valence-corrected chi connectivity index (χ1v) is 10.3. The number of benzene rings is 1. The van der Waals surface area contributed by atoms with Gasteiger partial charge in [-0.05, 0) is 43.0 Å². The van der Waals surface area contributed by atoms with Gasteiger partial charge in [-0.15, -0.1) is 0 Å². The highest BCUT2D eigenvalue weighted by Crippen LogP contribution is 2.32. The van der Waals surface area contributed by atoms with Crippen molar-refractivity contribution >= 4 is 11.8 Å². The van der Waals surface area contributed by atoms with E-state index in [9.17, 15) is 9.59 Å². The van der Waals surface area contributed by atoms with Crippen molar-refractivity contribution in [1.29, 1.82) is 0 Å². The average molecular weight is 412 g/mol. The number of para-hydroxylation sites is 1. The molecule has 7 nitrogen and oxygen atoms in total. The van der Waals surface area contributed by atoms with Gasteiger partial charge in [0.25, 0.3) is 0 Å². The van der Waals surface area contributed by atoms with Crippen molar-refractivity contribution in [3.05, 3.63) is 60.4 Å². The van der Waals surface area contributed by atoms with Crippen molar-refractivity contribution in [3.63, 3.8) is 0 Å². The minimum atomic E-state index is -0.293. The molecule has 2 aromatic rings. The predicted molar refractivity (Wildman–Crippen MR) is 113 cm³/mol. The van der Waals surface area contributed by atoms with Crippen LogP contribution < -0.4 is 15.4 Å². The van der Waals surface area contributed by atoms with Gasteiger partial charge < -0.3 is 20.1 Å². The van der Waals surface area contributed by atoms with Gasteiger partial charge in [-0.25, -0.2) is 0 Å². The number of hydrogen-bond donors (Lipinski definition) is 2. The quantitative estimate of drug-likeness (QED) is 0.624. The van der Waals surface area contributed by atoms with Crippen LogP contribution in [-0.2, 0) is 20.7 Å². The third kappa shape index (κ3) is 6.56. The Morgan fingerprint density at radius 3 is 2.63 bits per heavy atom. The van der Waals surface area contributed by atoms with Crippen molar-refractivity contribution in [3.8, 4) is 5.75 Å². The molecule has 1 aliphatic carbocycles. The van der Waals surface area contributed by atoms with Gasteiger partial charge in [0.05, 0.1) is 12.5 Å². The van der Waals surface area contributed by atoms with Gasteiger partial charge in [-0.1, -0.05) is 24.3 Å². The van der Waals surface area contributed by atoms with E-state index in [4.69, 9.17) is 9.47 Å². The van der Waals surface area contributed by atoms with Gasteiger partial charge >= 0.3 is 0 Å². The van der Waals surface area contributed by atoms with Crippen molar-refractivity contribution in [2.45, 2.75) is 25.3 Å². The maximum Gasteiger partial charge on any atom is 0.246 e. The molecule has 3 rings (SSSR count). The summed E-state index contributed by atoms with van der Waals surface area (Å²) in [4.78, 5) is 29.2. The molecule has 0 spiro atoms. The molecule has 2 N–H and O–H groups in total. The van der Waals surface area contributed by atoms with Gasteiger partial charge in [-0.3, -0.25) is 14.6 Å². The number of methoxy groups -OCH3 is 1. The standard InChI is InChI=1S/C23H29N3O4/c1-29-16-22(27)26-21-14-17(15-30-19-8-3-2-4-9-19)13-20(21)23(28)25-12-10-18-7-5-6-11-24-18/h2-9,11,17,20-21H,10,12-16H2,1H3,(H,25,28)(H,26,27)/t17-,20-,21-/m1/s1. The molecule has 7 heteroatoms. The van der Waals surface area contributed by atoms with E-state index in [0.29, 0.717) is 32.4 Å². The number of ether oxygens (including phenoxy) is 2.